The summed E-state index contributed by atoms with van der Waals surface area (Å²) in [5, 5.41) is 37.4. The van der Waals surface area contributed by atoms with E-state index in [4.69, 9.17) is 0 Å². The van der Waals surface area contributed by atoms with Crippen LogP contribution in [-0.4, -0.2) is 11.7 Å². The smallest absolute Gasteiger partial charge is 0.148 e. The fraction of sp³-hybridized carbons (Fsp3) is 0.476. The van der Waals surface area contributed by atoms with E-state index in [0.717, 1.165) is 16.7 Å². The summed E-state index contributed by atoms with van der Waals surface area (Å²) in [5.74, 6) is 0. The van der Waals surface area contributed by atoms with E-state index in [1.54, 1.807) is 0 Å². The van der Waals surface area contributed by atoms with Gasteiger partial charge in [-0.05, 0) is 51.6 Å². The summed E-state index contributed by atoms with van der Waals surface area (Å²) in [6.07, 6.45) is 0.522. The molecule has 0 saturated heterocycles. The highest BCUT2D eigenvalue weighted by Crippen LogP contribution is 2.37. The topological polar surface area (TPSA) is 91.6 Å². The van der Waals surface area contributed by atoms with E-state index in [1.165, 1.54) is 0 Å². The summed E-state index contributed by atoms with van der Waals surface area (Å²) >= 11 is 0. The summed E-state index contributed by atoms with van der Waals surface area (Å²) in [6, 6.07) is 9.41. The Kier molecular flexibility index (Phi) is 6.15. The summed E-state index contributed by atoms with van der Waals surface area (Å²) in [5.41, 5.74) is 3.19. The second-order valence-corrected chi connectivity index (χ2v) is 8.11. The minimum Gasteiger partial charge on any atom is -0.396 e. The van der Waals surface area contributed by atoms with Crippen molar-refractivity contribution in [1.82, 2.24) is 0 Å². The van der Waals surface area contributed by atoms with Crippen LogP contribution >= 0.6 is 0 Å². The van der Waals surface area contributed by atoms with Gasteiger partial charge in [-0.15, -0.1) is 0 Å². The fourth-order valence-corrected chi connectivity index (χ4v) is 2.94. The number of allylic oxidation sites excluding steroid dienone is 2. The molecule has 130 valence electrons. The number of hydrogen-bond acceptors (Lipinski definition) is 4. The molecule has 4 nitrogen and oxygen atoms in total. The number of benzene rings is 1. The number of aliphatic hydroxyl groups is 1. The van der Waals surface area contributed by atoms with Gasteiger partial charge in [-0.3, -0.25) is 0 Å². The van der Waals surface area contributed by atoms with Crippen molar-refractivity contribution in [2.24, 2.45) is 0 Å². The standard InChI is InChI=1S/C21H25N3O/c1-20(2,3)18-9-14(17(13-24)15(11-22)12-23)10-19(21(4,5)6)16(18)7-8-25/h9-10,25H,7-8H2,1-6H3. The Morgan fingerprint density at radius 1 is 0.880 bits per heavy atom. The summed E-state index contributed by atoms with van der Waals surface area (Å²) in [4.78, 5) is 0. The lowest BCUT2D eigenvalue weighted by Crippen LogP contribution is -2.22. The van der Waals surface area contributed by atoms with Crippen LogP contribution in [-0.2, 0) is 17.3 Å². The SMILES string of the molecule is CC(C)(C)c1cc(C(C#N)=C(C#N)C#N)cc(C(C)(C)C)c1CCO. The minimum atomic E-state index is -0.208. The lowest BCUT2D eigenvalue weighted by molar-refractivity contribution is 0.297. The average molecular weight is 335 g/mol. The molecule has 1 rings (SSSR count). The second kappa shape index (κ2) is 7.52. The Morgan fingerprint density at radius 3 is 1.60 bits per heavy atom. The van der Waals surface area contributed by atoms with Crippen LogP contribution in [0.25, 0.3) is 5.57 Å². The first-order valence-electron chi connectivity index (χ1n) is 8.25. The zero-order chi connectivity index (χ0) is 19.4. The van der Waals surface area contributed by atoms with Crippen LogP contribution in [0.4, 0.5) is 0 Å². The second-order valence-electron chi connectivity index (χ2n) is 8.11. The first kappa shape index (κ1) is 20.4. The molecule has 0 unspecified atom stereocenters. The molecular formula is C21H25N3O. The van der Waals surface area contributed by atoms with Crippen LogP contribution in [0.5, 0.6) is 0 Å². The van der Waals surface area contributed by atoms with Crippen LogP contribution in [0.2, 0.25) is 0 Å². The van der Waals surface area contributed by atoms with E-state index >= 15 is 0 Å². The number of nitriles is 3. The lowest BCUT2D eigenvalue weighted by Gasteiger charge is -2.31. The van der Waals surface area contributed by atoms with Gasteiger partial charge in [0, 0.05) is 6.61 Å². The molecule has 0 saturated carbocycles. The molecule has 0 amide bonds. The molecule has 0 aliphatic heterocycles. The first-order valence-corrected chi connectivity index (χ1v) is 8.25. The summed E-state index contributed by atoms with van der Waals surface area (Å²) in [7, 11) is 0. The van der Waals surface area contributed by atoms with Gasteiger partial charge in [0.25, 0.3) is 0 Å². The predicted octanol–water partition coefficient (Wildman–Crippen LogP) is 4.14. The van der Waals surface area contributed by atoms with Crippen molar-refractivity contribution in [2.45, 2.75) is 58.8 Å². The van der Waals surface area contributed by atoms with Crippen LogP contribution in [0, 0.1) is 34.0 Å². The van der Waals surface area contributed by atoms with Gasteiger partial charge in [0.1, 0.15) is 23.8 Å². The maximum Gasteiger partial charge on any atom is 0.148 e. The molecule has 0 fully saturated rings. The number of rotatable bonds is 3. The Morgan fingerprint density at radius 2 is 1.32 bits per heavy atom. The fourth-order valence-electron chi connectivity index (χ4n) is 2.94. The molecule has 25 heavy (non-hydrogen) atoms. The van der Waals surface area contributed by atoms with Crippen molar-refractivity contribution in [3.63, 3.8) is 0 Å². The zero-order valence-electron chi connectivity index (χ0n) is 15.9. The largest absolute Gasteiger partial charge is 0.396 e. The van der Waals surface area contributed by atoms with Crippen molar-refractivity contribution >= 4 is 5.57 Å². The molecule has 4 heteroatoms. The molecule has 1 N–H and O–H groups in total. The van der Waals surface area contributed by atoms with E-state index in [-0.39, 0.29) is 28.6 Å². The molecular weight excluding hydrogens is 310 g/mol. The number of nitrogens with zero attached hydrogens (tertiary/aromatic N) is 3. The van der Waals surface area contributed by atoms with Gasteiger partial charge in [-0.2, -0.15) is 15.8 Å². The summed E-state index contributed by atoms with van der Waals surface area (Å²) in [6.45, 7) is 12.5. The van der Waals surface area contributed by atoms with E-state index in [2.05, 4.69) is 41.5 Å². The van der Waals surface area contributed by atoms with Crippen molar-refractivity contribution in [3.05, 3.63) is 40.0 Å². The predicted molar refractivity (Wildman–Crippen MR) is 98.4 cm³/mol. The van der Waals surface area contributed by atoms with Gasteiger partial charge in [0.2, 0.25) is 0 Å². The number of aliphatic hydroxyl groups excluding tert-OH is 1. The first-order chi connectivity index (χ1) is 11.5. The van der Waals surface area contributed by atoms with E-state index < -0.39 is 0 Å². The zero-order valence-corrected chi connectivity index (χ0v) is 15.9. The molecule has 0 aliphatic rings. The molecule has 0 aliphatic carbocycles. The van der Waals surface area contributed by atoms with Gasteiger partial charge in [0.05, 0.1) is 5.57 Å². The van der Waals surface area contributed by atoms with Crippen molar-refractivity contribution in [1.29, 1.82) is 15.8 Å². The van der Waals surface area contributed by atoms with Crippen molar-refractivity contribution in [3.8, 4) is 18.2 Å². The summed E-state index contributed by atoms with van der Waals surface area (Å²) < 4.78 is 0. The molecule has 0 aromatic heterocycles. The van der Waals surface area contributed by atoms with E-state index in [0.29, 0.717) is 12.0 Å². The van der Waals surface area contributed by atoms with Crippen molar-refractivity contribution in [2.75, 3.05) is 6.61 Å². The Bertz CT molecular complexity index is 762. The monoisotopic (exact) mass is 335 g/mol. The highest BCUT2D eigenvalue weighted by molar-refractivity contribution is 5.85. The third kappa shape index (κ3) is 4.48. The average Bonchev–Trinajstić information content (AvgIpc) is 2.51. The van der Waals surface area contributed by atoms with Gasteiger partial charge in [-0.25, -0.2) is 0 Å². The third-order valence-electron chi connectivity index (χ3n) is 4.10. The maximum atomic E-state index is 9.54. The molecule has 0 bridgehead atoms. The highest BCUT2D eigenvalue weighted by Gasteiger charge is 2.27. The van der Waals surface area contributed by atoms with Crippen LogP contribution in [0.1, 0.15) is 63.8 Å². The van der Waals surface area contributed by atoms with Gasteiger partial charge in [0.15, 0.2) is 0 Å². The highest BCUT2D eigenvalue weighted by atomic mass is 16.2. The Hall–Kier alpha value is -2.61. The molecule has 0 heterocycles. The number of hydrogen-bond donors (Lipinski definition) is 1. The van der Waals surface area contributed by atoms with Crippen LogP contribution < -0.4 is 0 Å². The molecule has 1 aromatic rings. The van der Waals surface area contributed by atoms with E-state index in [1.807, 2.05) is 30.3 Å². The molecule has 0 spiro atoms. The Balaban J connectivity index is 4.00. The van der Waals surface area contributed by atoms with Gasteiger partial charge < -0.3 is 5.11 Å². The normalized spacial score (nSPS) is 11.2. The quantitative estimate of drug-likeness (QED) is 0.840. The van der Waals surface area contributed by atoms with E-state index in [9.17, 15) is 20.9 Å². The molecule has 0 radical (unpaired) electrons. The van der Waals surface area contributed by atoms with Crippen LogP contribution in [0.3, 0.4) is 0 Å². The molecule has 1 aromatic carbocycles. The van der Waals surface area contributed by atoms with Crippen LogP contribution in [0.15, 0.2) is 17.7 Å². The maximum absolute atomic E-state index is 9.54. The van der Waals surface area contributed by atoms with Gasteiger partial charge in [-0.1, -0.05) is 41.5 Å². The third-order valence-corrected chi connectivity index (χ3v) is 4.10. The lowest BCUT2D eigenvalue weighted by atomic mass is 9.74. The molecule has 0 atom stereocenters. The van der Waals surface area contributed by atoms with Crippen molar-refractivity contribution < 1.29 is 5.11 Å². The minimum absolute atomic E-state index is 0.0358. The van der Waals surface area contributed by atoms with Gasteiger partial charge >= 0.3 is 0 Å². The Labute approximate surface area is 150 Å².